The van der Waals surface area contributed by atoms with Gasteiger partial charge in [0.15, 0.2) is 0 Å². The van der Waals surface area contributed by atoms with E-state index in [1.807, 2.05) is 30.3 Å². The van der Waals surface area contributed by atoms with E-state index in [-0.39, 0.29) is 5.91 Å². The summed E-state index contributed by atoms with van der Waals surface area (Å²) in [5.74, 6) is -0.0137. The van der Waals surface area contributed by atoms with Crippen molar-refractivity contribution in [2.45, 2.75) is 6.42 Å². The Morgan fingerprint density at radius 3 is 2.42 bits per heavy atom. The molecule has 0 radical (unpaired) electrons. The summed E-state index contributed by atoms with van der Waals surface area (Å²) in [5.41, 5.74) is 8.10. The van der Waals surface area contributed by atoms with Crippen molar-refractivity contribution in [3.63, 3.8) is 0 Å². The van der Waals surface area contributed by atoms with Crippen molar-refractivity contribution >= 4 is 28.9 Å². The maximum absolute atomic E-state index is 12.2. The number of hydrogen-bond donors (Lipinski definition) is 1. The molecule has 0 aliphatic carbocycles. The van der Waals surface area contributed by atoms with Gasteiger partial charge in [0.25, 0.3) is 0 Å². The number of nitrogens with zero attached hydrogens (tertiary/aromatic N) is 1. The number of likely N-dealkylation sites (N-methyl/N-ethyl adjacent to an activating group) is 1. The summed E-state index contributed by atoms with van der Waals surface area (Å²) in [5, 5.41) is 0.664. The second-order valence-corrected chi connectivity index (χ2v) is 4.75. The molecule has 0 bridgehead atoms. The van der Waals surface area contributed by atoms with E-state index in [0.717, 1.165) is 11.3 Å². The third-order valence-corrected chi connectivity index (χ3v) is 3.19. The largest absolute Gasteiger partial charge is 0.397 e. The number of carbonyl (C=O) groups is 1. The highest BCUT2D eigenvalue weighted by Gasteiger charge is 2.13. The van der Waals surface area contributed by atoms with E-state index in [1.165, 1.54) is 0 Å². The normalized spacial score (nSPS) is 10.2. The molecular formula is C15H15ClN2O. The van der Waals surface area contributed by atoms with Crippen molar-refractivity contribution < 1.29 is 4.79 Å². The first kappa shape index (κ1) is 13.4. The Labute approximate surface area is 117 Å². The lowest BCUT2D eigenvalue weighted by Crippen LogP contribution is -2.28. The fraction of sp³-hybridized carbons (Fsp3) is 0.133. The molecule has 2 aromatic carbocycles. The summed E-state index contributed by atoms with van der Waals surface area (Å²) in [6, 6.07) is 14.6. The molecule has 0 unspecified atom stereocenters. The highest BCUT2D eigenvalue weighted by atomic mass is 35.5. The van der Waals surface area contributed by atoms with E-state index in [9.17, 15) is 4.79 Å². The number of rotatable bonds is 3. The van der Waals surface area contributed by atoms with Crippen molar-refractivity contribution in [1.82, 2.24) is 0 Å². The van der Waals surface area contributed by atoms with E-state index in [1.54, 1.807) is 30.1 Å². The molecule has 3 nitrogen and oxygen atoms in total. The van der Waals surface area contributed by atoms with Gasteiger partial charge in [0.1, 0.15) is 0 Å². The van der Waals surface area contributed by atoms with Gasteiger partial charge in [-0.25, -0.2) is 0 Å². The number of carbonyl (C=O) groups excluding carboxylic acids is 1. The Balaban J connectivity index is 2.12. The van der Waals surface area contributed by atoms with Crippen molar-refractivity contribution in [3.8, 4) is 0 Å². The lowest BCUT2D eigenvalue weighted by molar-refractivity contribution is -0.117. The Bertz CT molecular complexity index is 581. The van der Waals surface area contributed by atoms with Crippen LogP contribution >= 0.6 is 11.6 Å². The molecule has 19 heavy (non-hydrogen) atoms. The van der Waals surface area contributed by atoms with E-state index < -0.39 is 0 Å². The number of nitrogens with two attached hydrogens (primary N) is 1. The topological polar surface area (TPSA) is 46.3 Å². The van der Waals surface area contributed by atoms with Crippen molar-refractivity contribution in [1.29, 1.82) is 0 Å². The number of para-hydroxylation sites is 2. The summed E-state index contributed by atoms with van der Waals surface area (Å²) in [4.78, 5) is 13.8. The molecule has 1 amide bonds. The zero-order valence-corrected chi connectivity index (χ0v) is 11.4. The first-order chi connectivity index (χ1) is 9.08. The summed E-state index contributed by atoms with van der Waals surface area (Å²) in [6.07, 6.45) is 0.321. The van der Waals surface area contributed by atoms with Gasteiger partial charge in [0, 0.05) is 12.1 Å². The molecule has 0 spiro atoms. The van der Waals surface area contributed by atoms with Crippen LogP contribution < -0.4 is 10.6 Å². The molecule has 2 rings (SSSR count). The molecule has 0 saturated heterocycles. The smallest absolute Gasteiger partial charge is 0.231 e. The second kappa shape index (κ2) is 5.76. The third kappa shape index (κ3) is 3.26. The number of hydrogen-bond acceptors (Lipinski definition) is 2. The Morgan fingerprint density at radius 2 is 1.79 bits per heavy atom. The van der Waals surface area contributed by atoms with Crippen LogP contribution in [0.15, 0.2) is 48.5 Å². The van der Waals surface area contributed by atoms with E-state index in [4.69, 9.17) is 17.3 Å². The lowest BCUT2D eigenvalue weighted by Gasteiger charge is -2.19. The lowest BCUT2D eigenvalue weighted by atomic mass is 10.1. The Hall–Kier alpha value is -2.00. The van der Waals surface area contributed by atoms with Gasteiger partial charge in [-0.1, -0.05) is 35.9 Å². The van der Waals surface area contributed by atoms with Crippen LogP contribution in [0.2, 0.25) is 5.02 Å². The van der Waals surface area contributed by atoms with Crippen molar-refractivity contribution in [3.05, 3.63) is 59.1 Å². The monoisotopic (exact) mass is 274 g/mol. The first-order valence-electron chi connectivity index (χ1n) is 5.93. The SMILES string of the molecule is CN(C(=O)Cc1ccc(Cl)cc1)c1ccccc1N. The molecule has 98 valence electrons. The van der Waals surface area contributed by atoms with E-state index in [0.29, 0.717) is 17.1 Å². The van der Waals surface area contributed by atoms with Gasteiger partial charge < -0.3 is 10.6 Å². The summed E-state index contributed by atoms with van der Waals surface area (Å²) in [6.45, 7) is 0. The van der Waals surface area contributed by atoms with Gasteiger partial charge in [0.05, 0.1) is 17.8 Å². The summed E-state index contributed by atoms with van der Waals surface area (Å²) >= 11 is 5.82. The van der Waals surface area contributed by atoms with Crippen LogP contribution in [-0.4, -0.2) is 13.0 Å². The first-order valence-corrected chi connectivity index (χ1v) is 6.31. The van der Waals surface area contributed by atoms with Crippen molar-refractivity contribution in [2.75, 3.05) is 17.7 Å². The minimum absolute atomic E-state index is 0.0137. The van der Waals surface area contributed by atoms with Crippen LogP contribution in [0.5, 0.6) is 0 Å². The van der Waals surface area contributed by atoms with Gasteiger partial charge in [0.2, 0.25) is 5.91 Å². The number of halogens is 1. The van der Waals surface area contributed by atoms with Gasteiger partial charge in [-0.05, 0) is 29.8 Å². The number of anilines is 2. The van der Waals surface area contributed by atoms with Gasteiger partial charge in [-0.15, -0.1) is 0 Å². The zero-order chi connectivity index (χ0) is 13.8. The van der Waals surface area contributed by atoms with Gasteiger partial charge in [-0.2, -0.15) is 0 Å². The number of amides is 1. The Morgan fingerprint density at radius 1 is 1.16 bits per heavy atom. The molecule has 0 aliphatic rings. The van der Waals surface area contributed by atoms with Crippen LogP contribution in [0.1, 0.15) is 5.56 Å². The molecular weight excluding hydrogens is 260 g/mol. The zero-order valence-electron chi connectivity index (χ0n) is 10.6. The standard InChI is InChI=1S/C15H15ClN2O/c1-18(14-5-3-2-4-13(14)17)15(19)10-11-6-8-12(16)9-7-11/h2-9H,10,17H2,1H3. The average molecular weight is 275 g/mol. The fourth-order valence-corrected chi connectivity index (χ4v) is 1.95. The molecule has 0 atom stereocenters. The molecule has 2 aromatic rings. The molecule has 4 heteroatoms. The van der Waals surface area contributed by atoms with Gasteiger partial charge >= 0.3 is 0 Å². The summed E-state index contributed by atoms with van der Waals surface area (Å²) < 4.78 is 0. The number of nitrogen functional groups attached to an aromatic ring is 1. The van der Waals surface area contributed by atoms with Gasteiger partial charge in [-0.3, -0.25) is 4.79 Å². The molecule has 0 aliphatic heterocycles. The number of benzene rings is 2. The van der Waals surface area contributed by atoms with Crippen LogP contribution in [0.3, 0.4) is 0 Å². The minimum Gasteiger partial charge on any atom is -0.397 e. The van der Waals surface area contributed by atoms with Crippen LogP contribution in [0, 0.1) is 0 Å². The van der Waals surface area contributed by atoms with Crippen LogP contribution in [0.25, 0.3) is 0 Å². The summed E-state index contributed by atoms with van der Waals surface area (Å²) in [7, 11) is 1.73. The third-order valence-electron chi connectivity index (χ3n) is 2.94. The quantitative estimate of drug-likeness (QED) is 0.874. The molecule has 0 aromatic heterocycles. The average Bonchev–Trinajstić information content (AvgIpc) is 2.41. The van der Waals surface area contributed by atoms with E-state index >= 15 is 0 Å². The molecule has 2 N–H and O–H groups in total. The molecule has 0 saturated carbocycles. The second-order valence-electron chi connectivity index (χ2n) is 4.31. The van der Waals surface area contributed by atoms with Crippen molar-refractivity contribution in [2.24, 2.45) is 0 Å². The Kier molecular flexibility index (Phi) is 4.07. The predicted molar refractivity (Wildman–Crippen MR) is 79.4 cm³/mol. The highest BCUT2D eigenvalue weighted by molar-refractivity contribution is 6.30. The van der Waals surface area contributed by atoms with Crippen LogP contribution in [0.4, 0.5) is 11.4 Å². The van der Waals surface area contributed by atoms with E-state index in [2.05, 4.69) is 0 Å². The molecule has 0 fully saturated rings. The highest BCUT2D eigenvalue weighted by Crippen LogP contribution is 2.22. The predicted octanol–water partition coefficient (Wildman–Crippen LogP) is 3.13. The fourth-order valence-electron chi connectivity index (χ4n) is 1.82. The molecule has 0 heterocycles. The maximum Gasteiger partial charge on any atom is 0.231 e. The maximum atomic E-state index is 12.2. The van der Waals surface area contributed by atoms with Crippen LogP contribution in [-0.2, 0) is 11.2 Å². The minimum atomic E-state index is -0.0137.